The zero-order valence-electron chi connectivity index (χ0n) is 7.45. The third-order valence-electron chi connectivity index (χ3n) is 1.63. The molecular formula is C8H8ClN3O2. The summed E-state index contributed by atoms with van der Waals surface area (Å²) >= 11 is 5.65. The maximum absolute atomic E-state index is 10.6. The Morgan fingerprint density at radius 3 is 2.86 bits per heavy atom. The summed E-state index contributed by atoms with van der Waals surface area (Å²) in [6.45, 7) is 3.50. The number of nitrogens with zero attached hydrogens (tertiary/aromatic N) is 2. The maximum atomic E-state index is 10.6. The van der Waals surface area contributed by atoms with E-state index in [-0.39, 0.29) is 10.8 Å². The lowest BCUT2D eigenvalue weighted by molar-refractivity contribution is -0.384. The number of nitrogens with one attached hydrogen (secondary N) is 1. The van der Waals surface area contributed by atoms with E-state index in [4.69, 9.17) is 11.6 Å². The Morgan fingerprint density at radius 2 is 2.43 bits per heavy atom. The first-order chi connectivity index (χ1) is 6.60. The fraction of sp³-hybridized carbons (Fsp3) is 0.125. The molecule has 0 unspecified atom stereocenters. The van der Waals surface area contributed by atoms with Crippen LogP contribution in [0.15, 0.2) is 12.6 Å². The highest BCUT2D eigenvalue weighted by Crippen LogP contribution is 2.31. The van der Waals surface area contributed by atoms with E-state index in [2.05, 4.69) is 16.9 Å². The summed E-state index contributed by atoms with van der Waals surface area (Å²) in [7, 11) is 1.57. The van der Waals surface area contributed by atoms with Crippen molar-refractivity contribution in [1.29, 1.82) is 0 Å². The van der Waals surface area contributed by atoms with Crippen molar-refractivity contribution in [3.05, 3.63) is 33.6 Å². The van der Waals surface area contributed by atoms with Crippen LogP contribution in [0.2, 0.25) is 5.15 Å². The van der Waals surface area contributed by atoms with Gasteiger partial charge in [0.05, 0.1) is 10.6 Å². The first-order valence-electron chi connectivity index (χ1n) is 3.75. The number of rotatable bonds is 3. The van der Waals surface area contributed by atoms with Crippen molar-refractivity contribution in [2.24, 2.45) is 0 Å². The fourth-order valence-electron chi connectivity index (χ4n) is 0.995. The first kappa shape index (κ1) is 10.5. The van der Waals surface area contributed by atoms with Crippen LogP contribution in [0.1, 0.15) is 5.69 Å². The smallest absolute Gasteiger partial charge is 0.329 e. The van der Waals surface area contributed by atoms with Gasteiger partial charge in [0.25, 0.3) is 0 Å². The summed E-state index contributed by atoms with van der Waals surface area (Å²) in [6, 6.07) is 1.51. The molecule has 5 nitrogen and oxygen atoms in total. The molecule has 1 heterocycles. The predicted molar refractivity (Wildman–Crippen MR) is 55.5 cm³/mol. The zero-order valence-corrected chi connectivity index (χ0v) is 8.21. The van der Waals surface area contributed by atoms with Crippen LogP contribution >= 0.6 is 11.6 Å². The third kappa shape index (κ3) is 1.82. The topological polar surface area (TPSA) is 68.1 Å². The average Bonchev–Trinajstić information content (AvgIpc) is 2.15. The van der Waals surface area contributed by atoms with E-state index in [9.17, 15) is 10.1 Å². The summed E-state index contributed by atoms with van der Waals surface area (Å²) in [5.41, 5.74) is 0.592. The van der Waals surface area contributed by atoms with Crippen LogP contribution < -0.4 is 5.32 Å². The minimum absolute atomic E-state index is 0.142. The Morgan fingerprint density at radius 1 is 1.79 bits per heavy atom. The van der Waals surface area contributed by atoms with Crippen LogP contribution in [-0.2, 0) is 0 Å². The van der Waals surface area contributed by atoms with Gasteiger partial charge in [-0.25, -0.2) is 4.98 Å². The highest BCUT2D eigenvalue weighted by Gasteiger charge is 2.20. The van der Waals surface area contributed by atoms with E-state index < -0.39 is 4.92 Å². The highest BCUT2D eigenvalue weighted by molar-refractivity contribution is 6.32. The molecule has 0 fully saturated rings. The van der Waals surface area contributed by atoms with Gasteiger partial charge in [-0.1, -0.05) is 18.2 Å². The summed E-state index contributed by atoms with van der Waals surface area (Å²) in [4.78, 5) is 13.8. The van der Waals surface area contributed by atoms with Gasteiger partial charge in [0.1, 0.15) is 5.69 Å². The molecule has 74 valence electrons. The molecule has 0 saturated carbocycles. The van der Waals surface area contributed by atoms with Crippen molar-refractivity contribution in [3.8, 4) is 0 Å². The molecule has 1 N–H and O–H groups in total. The molecule has 1 aromatic heterocycles. The molecule has 0 spiro atoms. The van der Waals surface area contributed by atoms with Gasteiger partial charge in [-0.15, -0.1) is 0 Å². The van der Waals surface area contributed by atoms with Crippen LogP contribution in [-0.4, -0.2) is 17.0 Å². The highest BCUT2D eigenvalue weighted by atomic mass is 35.5. The van der Waals surface area contributed by atoms with Crippen molar-refractivity contribution in [3.63, 3.8) is 0 Å². The second-order valence-corrected chi connectivity index (χ2v) is 2.80. The van der Waals surface area contributed by atoms with Crippen molar-refractivity contribution in [1.82, 2.24) is 4.98 Å². The lowest BCUT2D eigenvalue weighted by Gasteiger charge is -2.04. The van der Waals surface area contributed by atoms with Gasteiger partial charge in [0, 0.05) is 7.05 Å². The Balaban J connectivity index is 3.42. The Labute approximate surface area is 85.6 Å². The van der Waals surface area contributed by atoms with Gasteiger partial charge in [-0.3, -0.25) is 10.1 Å². The van der Waals surface area contributed by atoms with Gasteiger partial charge in [-0.05, 0) is 12.1 Å². The Hall–Kier alpha value is -1.62. The molecule has 0 aliphatic carbocycles. The SMILES string of the molecule is C=Cc1cc(NC)c([N+](=O)[O-])c(Cl)n1. The van der Waals surface area contributed by atoms with E-state index in [1.807, 2.05) is 0 Å². The molecule has 1 aromatic rings. The largest absolute Gasteiger partial charge is 0.382 e. The molecule has 6 heteroatoms. The molecule has 0 radical (unpaired) electrons. The first-order valence-corrected chi connectivity index (χ1v) is 4.13. The molecule has 0 bridgehead atoms. The van der Waals surface area contributed by atoms with E-state index in [0.717, 1.165) is 0 Å². The van der Waals surface area contributed by atoms with Crippen molar-refractivity contribution in [2.45, 2.75) is 0 Å². The van der Waals surface area contributed by atoms with E-state index in [0.29, 0.717) is 11.4 Å². The number of hydrogen-bond donors (Lipinski definition) is 1. The van der Waals surface area contributed by atoms with Crippen LogP contribution in [0.4, 0.5) is 11.4 Å². The molecule has 0 aliphatic heterocycles. The quantitative estimate of drug-likeness (QED) is 0.475. The third-order valence-corrected chi connectivity index (χ3v) is 1.89. The lowest BCUT2D eigenvalue weighted by atomic mass is 10.3. The van der Waals surface area contributed by atoms with Gasteiger partial charge in [0.2, 0.25) is 5.15 Å². The minimum atomic E-state index is -0.575. The van der Waals surface area contributed by atoms with E-state index >= 15 is 0 Å². The number of aromatic nitrogens is 1. The van der Waals surface area contributed by atoms with E-state index in [1.54, 1.807) is 7.05 Å². The maximum Gasteiger partial charge on any atom is 0.329 e. The molecule has 1 rings (SSSR count). The van der Waals surface area contributed by atoms with Gasteiger partial charge in [0.15, 0.2) is 0 Å². The molecule has 0 amide bonds. The van der Waals surface area contributed by atoms with Crippen LogP contribution in [0.3, 0.4) is 0 Å². The fourth-order valence-corrected chi connectivity index (χ4v) is 1.26. The van der Waals surface area contributed by atoms with Crippen molar-refractivity contribution >= 4 is 29.1 Å². The number of nitro groups is 1. The summed E-state index contributed by atoms with van der Waals surface area (Å²) in [6.07, 6.45) is 1.47. The molecule has 0 aliphatic rings. The zero-order chi connectivity index (χ0) is 10.7. The standard InChI is InChI=1S/C8H8ClN3O2/c1-3-5-4-6(10-2)7(12(13)14)8(9)11-5/h3-4H,1H2,2H3,(H,10,11). The number of halogens is 1. The van der Waals surface area contributed by atoms with Crippen LogP contribution in [0.5, 0.6) is 0 Å². The minimum Gasteiger partial charge on any atom is -0.382 e. The lowest BCUT2D eigenvalue weighted by Crippen LogP contribution is -2.00. The summed E-state index contributed by atoms with van der Waals surface area (Å²) in [5.74, 6) is 0. The Bertz CT molecular complexity index is 392. The van der Waals surface area contributed by atoms with E-state index in [1.165, 1.54) is 12.1 Å². The number of hydrogen-bond acceptors (Lipinski definition) is 4. The van der Waals surface area contributed by atoms with Gasteiger partial charge < -0.3 is 5.32 Å². The summed E-state index contributed by atoms with van der Waals surface area (Å²) < 4.78 is 0. The number of pyridine rings is 1. The Kier molecular flexibility index (Phi) is 3.03. The normalized spacial score (nSPS) is 9.57. The molecule has 0 saturated heterocycles. The average molecular weight is 214 g/mol. The molecule has 0 atom stereocenters. The predicted octanol–water partition coefficient (Wildman–Crippen LogP) is 2.33. The molecular weight excluding hydrogens is 206 g/mol. The van der Waals surface area contributed by atoms with Crippen LogP contribution in [0, 0.1) is 10.1 Å². The van der Waals surface area contributed by atoms with Gasteiger partial charge in [-0.2, -0.15) is 0 Å². The second-order valence-electron chi connectivity index (χ2n) is 2.45. The molecule has 0 aromatic carbocycles. The van der Waals surface area contributed by atoms with Crippen molar-refractivity contribution < 1.29 is 4.92 Å². The summed E-state index contributed by atoms with van der Waals surface area (Å²) in [5, 5.41) is 13.2. The molecule has 14 heavy (non-hydrogen) atoms. The van der Waals surface area contributed by atoms with Gasteiger partial charge >= 0.3 is 5.69 Å². The van der Waals surface area contributed by atoms with Crippen molar-refractivity contribution in [2.75, 3.05) is 12.4 Å². The second kappa shape index (κ2) is 4.06. The monoisotopic (exact) mass is 213 g/mol. The van der Waals surface area contributed by atoms with Crippen LogP contribution in [0.25, 0.3) is 6.08 Å². The number of anilines is 1.